The van der Waals surface area contributed by atoms with Crippen molar-refractivity contribution in [3.05, 3.63) is 59.8 Å². The Hall–Kier alpha value is -2.35. The fourth-order valence-electron chi connectivity index (χ4n) is 2.59. The van der Waals surface area contributed by atoms with Crippen molar-refractivity contribution in [3.8, 4) is 16.9 Å². The first-order chi connectivity index (χ1) is 9.16. The molecule has 0 spiro atoms. The van der Waals surface area contributed by atoms with Gasteiger partial charge in [-0.15, -0.1) is 0 Å². The molecule has 0 saturated heterocycles. The molecule has 2 nitrogen and oxygen atoms in total. The van der Waals surface area contributed by atoms with Crippen LogP contribution in [-0.2, 0) is 0 Å². The van der Waals surface area contributed by atoms with E-state index in [0.717, 1.165) is 16.5 Å². The maximum Gasteiger partial charge on any atom is 0.116 e. The van der Waals surface area contributed by atoms with E-state index >= 15 is 0 Å². The van der Waals surface area contributed by atoms with Crippen LogP contribution in [0.3, 0.4) is 0 Å². The Morgan fingerprint density at radius 2 is 1.68 bits per heavy atom. The molecule has 1 aromatic heterocycles. The van der Waals surface area contributed by atoms with Gasteiger partial charge in [0, 0.05) is 11.6 Å². The minimum atomic E-state index is 0.271. The van der Waals surface area contributed by atoms with Crippen molar-refractivity contribution >= 4 is 10.9 Å². The summed E-state index contributed by atoms with van der Waals surface area (Å²) in [5, 5.41) is 10.7. The van der Waals surface area contributed by atoms with Gasteiger partial charge in [-0.3, -0.25) is 4.98 Å². The number of fused-ring (bicyclic) bond motifs is 1. The van der Waals surface area contributed by atoms with E-state index < -0.39 is 0 Å². The highest BCUT2D eigenvalue weighted by molar-refractivity contribution is 5.96. The summed E-state index contributed by atoms with van der Waals surface area (Å²) in [7, 11) is 0. The predicted octanol–water partition coefficient (Wildman–Crippen LogP) is 4.22. The van der Waals surface area contributed by atoms with Gasteiger partial charge in [-0.05, 0) is 60.4 Å². The molecule has 0 aliphatic heterocycles. The van der Waals surface area contributed by atoms with Gasteiger partial charge in [0.05, 0.1) is 5.52 Å². The number of phenolic OH excluding ortho intramolecular Hbond substituents is 1. The molecule has 0 aliphatic rings. The van der Waals surface area contributed by atoms with Crippen LogP contribution < -0.4 is 0 Å². The van der Waals surface area contributed by atoms with Gasteiger partial charge in [-0.1, -0.05) is 18.2 Å². The average Bonchev–Trinajstić information content (AvgIpc) is 2.39. The lowest BCUT2D eigenvalue weighted by atomic mass is 9.93. The number of hydrogen-bond donors (Lipinski definition) is 1. The fraction of sp³-hybridized carbons (Fsp3) is 0.118. The van der Waals surface area contributed by atoms with Crippen molar-refractivity contribution in [2.24, 2.45) is 0 Å². The quantitative estimate of drug-likeness (QED) is 0.700. The van der Waals surface area contributed by atoms with Gasteiger partial charge in [0.15, 0.2) is 0 Å². The maximum absolute atomic E-state index is 9.71. The summed E-state index contributed by atoms with van der Waals surface area (Å²) < 4.78 is 0. The summed E-state index contributed by atoms with van der Waals surface area (Å²) in [6.07, 6.45) is 1.82. The van der Waals surface area contributed by atoms with Crippen LogP contribution in [-0.4, -0.2) is 10.1 Å². The summed E-state index contributed by atoms with van der Waals surface area (Å²) in [5.41, 5.74) is 5.71. The molecule has 0 amide bonds. The molecule has 0 unspecified atom stereocenters. The van der Waals surface area contributed by atoms with Gasteiger partial charge in [-0.25, -0.2) is 0 Å². The highest BCUT2D eigenvalue weighted by Gasteiger charge is 2.09. The Balaban J connectivity index is 2.40. The Bertz CT molecular complexity index is 742. The first-order valence-corrected chi connectivity index (χ1v) is 6.31. The lowest BCUT2D eigenvalue weighted by molar-refractivity contribution is 0.476. The molecule has 0 radical (unpaired) electrons. The second-order valence-corrected chi connectivity index (χ2v) is 4.83. The zero-order valence-electron chi connectivity index (χ0n) is 11.0. The zero-order valence-corrected chi connectivity index (χ0v) is 11.0. The normalized spacial score (nSPS) is 10.8. The van der Waals surface area contributed by atoms with Crippen molar-refractivity contribution in [1.82, 2.24) is 4.98 Å². The lowest BCUT2D eigenvalue weighted by Gasteiger charge is -2.12. The third-order valence-electron chi connectivity index (χ3n) is 3.48. The lowest BCUT2D eigenvalue weighted by Crippen LogP contribution is -1.90. The molecular weight excluding hydrogens is 234 g/mol. The van der Waals surface area contributed by atoms with Crippen molar-refractivity contribution in [1.29, 1.82) is 0 Å². The van der Waals surface area contributed by atoms with Crippen LogP contribution in [0.1, 0.15) is 11.1 Å². The summed E-state index contributed by atoms with van der Waals surface area (Å²) in [4.78, 5) is 4.36. The van der Waals surface area contributed by atoms with E-state index in [9.17, 15) is 5.11 Å². The monoisotopic (exact) mass is 249 g/mol. The van der Waals surface area contributed by atoms with E-state index in [1.807, 2.05) is 18.3 Å². The van der Waals surface area contributed by atoms with E-state index in [1.165, 1.54) is 16.7 Å². The third-order valence-corrected chi connectivity index (χ3v) is 3.48. The molecule has 0 aliphatic carbocycles. The SMILES string of the molecule is Cc1cccc(C)c1-c1ccnc2ccc(O)cc12. The van der Waals surface area contributed by atoms with Crippen LogP contribution in [0.4, 0.5) is 0 Å². The molecule has 0 atom stereocenters. The molecule has 0 saturated carbocycles. The number of hydrogen-bond acceptors (Lipinski definition) is 2. The van der Waals surface area contributed by atoms with Crippen LogP contribution in [0.15, 0.2) is 48.7 Å². The van der Waals surface area contributed by atoms with Crippen LogP contribution >= 0.6 is 0 Å². The molecule has 1 N–H and O–H groups in total. The highest BCUT2D eigenvalue weighted by atomic mass is 16.3. The molecule has 3 rings (SSSR count). The van der Waals surface area contributed by atoms with Crippen LogP contribution in [0, 0.1) is 13.8 Å². The van der Waals surface area contributed by atoms with Crippen LogP contribution in [0.25, 0.3) is 22.0 Å². The zero-order chi connectivity index (χ0) is 13.4. The average molecular weight is 249 g/mol. The van der Waals surface area contributed by atoms with E-state index in [0.29, 0.717) is 0 Å². The largest absolute Gasteiger partial charge is 0.508 e. The van der Waals surface area contributed by atoms with Gasteiger partial charge in [0.25, 0.3) is 0 Å². The van der Waals surface area contributed by atoms with Crippen LogP contribution in [0.2, 0.25) is 0 Å². The minimum Gasteiger partial charge on any atom is -0.508 e. The first kappa shape index (κ1) is 11.7. The number of pyridine rings is 1. The molecule has 94 valence electrons. The van der Waals surface area contributed by atoms with Crippen molar-refractivity contribution in [2.75, 3.05) is 0 Å². The Morgan fingerprint density at radius 1 is 0.947 bits per heavy atom. The van der Waals surface area contributed by atoms with E-state index in [4.69, 9.17) is 0 Å². The van der Waals surface area contributed by atoms with Gasteiger partial charge >= 0.3 is 0 Å². The summed E-state index contributed by atoms with van der Waals surface area (Å²) in [6.45, 7) is 4.22. The standard InChI is InChI=1S/C17H15NO/c1-11-4-3-5-12(2)17(11)14-8-9-18-16-7-6-13(19)10-15(14)16/h3-10,19H,1-2H3. The molecule has 0 bridgehead atoms. The van der Waals surface area contributed by atoms with Gasteiger partial charge in [0.1, 0.15) is 5.75 Å². The highest BCUT2D eigenvalue weighted by Crippen LogP contribution is 2.33. The molecule has 3 aromatic rings. The van der Waals surface area contributed by atoms with Crippen molar-refractivity contribution in [2.45, 2.75) is 13.8 Å². The summed E-state index contributed by atoms with van der Waals surface area (Å²) in [5.74, 6) is 0.271. The van der Waals surface area contributed by atoms with Crippen molar-refractivity contribution < 1.29 is 5.11 Å². The Morgan fingerprint density at radius 3 is 2.42 bits per heavy atom. The van der Waals surface area contributed by atoms with Crippen LogP contribution in [0.5, 0.6) is 5.75 Å². The Labute approximate surface area is 112 Å². The van der Waals surface area contributed by atoms with E-state index in [2.05, 4.69) is 37.0 Å². The number of rotatable bonds is 1. The summed E-state index contributed by atoms with van der Waals surface area (Å²) in [6, 6.07) is 13.6. The predicted molar refractivity (Wildman–Crippen MR) is 78.3 cm³/mol. The fourth-order valence-corrected chi connectivity index (χ4v) is 2.59. The molecule has 2 heteroatoms. The number of aromatic nitrogens is 1. The van der Waals surface area contributed by atoms with Gasteiger partial charge < -0.3 is 5.11 Å². The number of aryl methyl sites for hydroxylation is 2. The Kier molecular flexibility index (Phi) is 2.71. The number of phenols is 1. The second-order valence-electron chi connectivity index (χ2n) is 4.83. The summed E-state index contributed by atoms with van der Waals surface area (Å²) >= 11 is 0. The molecule has 2 aromatic carbocycles. The van der Waals surface area contributed by atoms with E-state index in [1.54, 1.807) is 12.1 Å². The molecule has 0 fully saturated rings. The molecule has 19 heavy (non-hydrogen) atoms. The number of benzene rings is 2. The number of nitrogens with zero attached hydrogens (tertiary/aromatic N) is 1. The van der Waals surface area contributed by atoms with Gasteiger partial charge in [-0.2, -0.15) is 0 Å². The van der Waals surface area contributed by atoms with Gasteiger partial charge in [0.2, 0.25) is 0 Å². The van der Waals surface area contributed by atoms with E-state index in [-0.39, 0.29) is 5.75 Å². The first-order valence-electron chi connectivity index (χ1n) is 6.31. The third kappa shape index (κ3) is 1.95. The second kappa shape index (κ2) is 4.39. The topological polar surface area (TPSA) is 33.1 Å². The minimum absolute atomic E-state index is 0.271. The molecule has 1 heterocycles. The van der Waals surface area contributed by atoms with Crippen molar-refractivity contribution in [3.63, 3.8) is 0 Å². The number of aromatic hydroxyl groups is 1. The molecular formula is C17H15NO. The maximum atomic E-state index is 9.71. The smallest absolute Gasteiger partial charge is 0.116 e.